The Labute approximate surface area is 119 Å². The minimum atomic E-state index is -0.0783. The third kappa shape index (κ3) is 2.25. The van der Waals surface area contributed by atoms with Crippen LogP contribution in [0.2, 0.25) is 0 Å². The molecule has 1 aliphatic carbocycles. The zero-order chi connectivity index (χ0) is 13.6. The summed E-state index contributed by atoms with van der Waals surface area (Å²) in [7, 11) is 0. The van der Waals surface area contributed by atoms with Crippen LogP contribution in [0.4, 0.5) is 0 Å². The quantitative estimate of drug-likeness (QED) is 0.762. The van der Waals surface area contributed by atoms with Gasteiger partial charge in [0, 0.05) is 11.7 Å². The van der Waals surface area contributed by atoms with Crippen molar-refractivity contribution in [3.8, 4) is 0 Å². The van der Waals surface area contributed by atoms with Crippen LogP contribution in [0.25, 0.3) is 11.2 Å². The van der Waals surface area contributed by atoms with Gasteiger partial charge in [-0.25, -0.2) is 9.97 Å². The molecule has 102 valence electrons. The predicted octanol–water partition coefficient (Wildman–Crippen LogP) is 4.40. The topological polar surface area (TPSA) is 30.7 Å². The molecule has 2 heterocycles. The first-order chi connectivity index (χ1) is 9.06. The number of hydrogen-bond donors (Lipinski definition) is 0. The number of fused-ring (bicyclic) bond motifs is 1. The number of nitrogens with zero attached hydrogens (tertiary/aromatic N) is 3. The molecule has 3 unspecified atom stereocenters. The van der Waals surface area contributed by atoms with Crippen molar-refractivity contribution in [1.29, 1.82) is 0 Å². The molecule has 3 atom stereocenters. The summed E-state index contributed by atoms with van der Waals surface area (Å²) in [6.07, 6.45) is 3.70. The molecule has 0 amide bonds. The maximum Gasteiger partial charge on any atom is 0.160 e. The van der Waals surface area contributed by atoms with Crippen molar-refractivity contribution < 1.29 is 0 Å². The zero-order valence-electron chi connectivity index (χ0n) is 11.7. The van der Waals surface area contributed by atoms with Crippen molar-refractivity contribution in [3.63, 3.8) is 0 Å². The lowest BCUT2D eigenvalue weighted by Gasteiger charge is -2.17. The van der Waals surface area contributed by atoms with E-state index in [4.69, 9.17) is 21.6 Å². The molecule has 3 nitrogen and oxygen atoms in total. The summed E-state index contributed by atoms with van der Waals surface area (Å²) >= 11 is 6.32. The largest absolute Gasteiger partial charge is 0.308 e. The average molecular weight is 278 g/mol. The van der Waals surface area contributed by atoms with Gasteiger partial charge in [-0.2, -0.15) is 0 Å². The number of imidazole rings is 1. The van der Waals surface area contributed by atoms with Gasteiger partial charge in [-0.3, -0.25) is 0 Å². The Balaban J connectivity index is 2.18. The fourth-order valence-corrected chi connectivity index (χ4v) is 3.29. The van der Waals surface area contributed by atoms with Crippen LogP contribution >= 0.6 is 11.6 Å². The van der Waals surface area contributed by atoms with E-state index in [1.165, 1.54) is 19.3 Å². The van der Waals surface area contributed by atoms with Gasteiger partial charge in [0.05, 0.1) is 5.38 Å². The number of pyridine rings is 1. The molecule has 0 radical (unpaired) electrons. The molecule has 0 aliphatic heterocycles. The molecule has 0 saturated heterocycles. The number of aryl methyl sites for hydroxylation is 1. The molecule has 1 fully saturated rings. The molecule has 1 saturated carbocycles. The summed E-state index contributed by atoms with van der Waals surface area (Å²) < 4.78 is 2.30. The van der Waals surface area contributed by atoms with Crippen LogP contribution in [0, 0.1) is 12.8 Å². The Morgan fingerprint density at radius 3 is 2.74 bits per heavy atom. The summed E-state index contributed by atoms with van der Waals surface area (Å²) in [6, 6.07) is 4.57. The van der Waals surface area contributed by atoms with E-state index in [0.29, 0.717) is 6.04 Å². The Morgan fingerprint density at radius 1 is 1.32 bits per heavy atom. The maximum absolute atomic E-state index is 6.32. The van der Waals surface area contributed by atoms with E-state index in [1.807, 2.05) is 19.9 Å². The van der Waals surface area contributed by atoms with Crippen molar-refractivity contribution in [1.82, 2.24) is 14.5 Å². The first kappa shape index (κ1) is 12.9. The second-order valence-corrected chi connectivity index (χ2v) is 6.48. The minimum absolute atomic E-state index is 0.0783. The van der Waals surface area contributed by atoms with Gasteiger partial charge in [0.15, 0.2) is 5.65 Å². The number of hydrogen-bond acceptors (Lipinski definition) is 2. The fraction of sp³-hybridized carbons (Fsp3) is 0.600. The Bertz CT molecular complexity index is 603. The van der Waals surface area contributed by atoms with Crippen molar-refractivity contribution in [2.45, 2.75) is 51.5 Å². The fourth-order valence-electron chi connectivity index (χ4n) is 3.14. The van der Waals surface area contributed by atoms with E-state index >= 15 is 0 Å². The van der Waals surface area contributed by atoms with Crippen molar-refractivity contribution >= 4 is 22.8 Å². The molecule has 0 aromatic carbocycles. The molecular weight excluding hydrogens is 258 g/mol. The summed E-state index contributed by atoms with van der Waals surface area (Å²) in [4.78, 5) is 9.38. The summed E-state index contributed by atoms with van der Waals surface area (Å²) in [5.41, 5.74) is 3.00. The lowest BCUT2D eigenvalue weighted by molar-refractivity contribution is 0.485. The smallest absolute Gasteiger partial charge is 0.160 e. The first-order valence-electron chi connectivity index (χ1n) is 7.06. The lowest BCUT2D eigenvalue weighted by Crippen LogP contribution is -2.11. The van der Waals surface area contributed by atoms with Gasteiger partial charge >= 0.3 is 0 Å². The monoisotopic (exact) mass is 277 g/mol. The SMILES string of the molecule is Cc1ccc2nc(C(C)Cl)n(C3CCC(C)C3)c2n1. The van der Waals surface area contributed by atoms with Crippen LogP contribution in [0.5, 0.6) is 0 Å². The van der Waals surface area contributed by atoms with Gasteiger partial charge in [0.25, 0.3) is 0 Å². The molecular formula is C15H20ClN3. The maximum atomic E-state index is 6.32. The van der Waals surface area contributed by atoms with Crippen molar-refractivity contribution in [2.75, 3.05) is 0 Å². The second kappa shape index (κ2) is 4.78. The molecule has 1 aliphatic rings. The van der Waals surface area contributed by atoms with Gasteiger partial charge in [-0.05, 0) is 51.2 Å². The molecule has 0 bridgehead atoms. The number of alkyl halides is 1. The average Bonchev–Trinajstić information content (AvgIpc) is 2.92. The van der Waals surface area contributed by atoms with E-state index in [2.05, 4.69) is 17.6 Å². The molecule has 3 rings (SSSR count). The summed E-state index contributed by atoms with van der Waals surface area (Å²) in [5, 5.41) is -0.0783. The number of rotatable bonds is 2. The highest BCUT2D eigenvalue weighted by Gasteiger charge is 2.28. The molecule has 0 spiro atoms. The van der Waals surface area contributed by atoms with Crippen molar-refractivity contribution in [2.24, 2.45) is 5.92 Å². The van der Waals surface area contributed by atoms with Crippen LogP contribution in [0.15, 0.2) is 12.1 Å². The van der Waals surface area contributed by atoms with Crippen LogP contribution in [0.3, 0.4) is 0 Å². The van der Waals surface area contributed by atoms with Crippen LogP contribution in [-0.2, 0) is 0 Å². The standard InChI is InChI=1S/C15H20ClN3/c1-9-4-6-12(8-9)19-14(11(3)16)18-13-7-5-10(2)17-15(13)19/h5,7,9,11-12H,4,6,8H2,1-3H3. The Kier molecular flexibility index (Phi) is 3.25. The molecule has 2 aromatic rings. The van der Waals surface area contributed by atoms with Gasteiger partial charge in [0.1, 0.15) is 11.3 Å². The predicted molar refractivity (Wildman–Crippen MR) is 78.6 cm³/mol. The molecule has 4 heteroatoms. The summed E-state index contributed by atoms with van der Waals surface area (Å²) in [5.74, 6) is 1.75. The lowest BCUT2D eigenvalue weighted by atomic mass is 10.1. The number of aromatic nitrogens is 3. The third-order valence-electron chi connectivity index (χ3n) is 4.09. The van der Waals surface area contributed by atoms with Gasteiger partial charge in [0.2, 0.25) is 0 Å². The number of halogens is 1. The van der Waals surface area contributed by atoms with E-state index in [1.54, 1.807) is 0 Å². The van der Waals surface area contributed by atoms with E-state index < -0.39 is 0 Å². The highest BCUT2D eigenvalue weighted by molar-refractivity contribution is 6.20. The van der Waals surface area contributed by atoms with Crippen LogP contribution in [-0.4, -0.2) is 14.5 Å². The third-order valence-corrected chi connectivity index (χ3v) is 4.29. The highest BCUT2D eigenvalue weighted by Crippen LogP contribution is 2.38. The van der Waals surface area contributed by atoms with Crippen molar-refractivity contribution in [3.05, 3.63) is 23.7 Å². The zero-order valence-corrected chi connectivity index (χ0v) is 12.5. The van der Waals surface area contributed by atoms with E-state index in [0.717, 1.165) is 28.6 Å². The molecule has 19 heavy (non-hydrogen) atoms. The van der Waals surface area contributed by atoms with Crippen LogP contribution in [0.1, 0.15) is 56.0 Å². The van der Waals surface area contributed by atoms with Crippen LogP contribution < -0.4 is 0 Å². The van der Waals surface area contributed by atoms with Gasteiger partial charge in [-0.1, -0.05) is 6.92 Å². The highest BCUT2D eigenvalue weighted by atomic mass is 35.5. The Morgan fingerprint density at radius 2 is 2.11 bits per heavy atom. The Hall–Kier alpha value is -1.09. The first-order valence-corrected chi connectivity index (χ1v) is 7.49. The molecule has 2 aromatic heterocycles. The molecule has 0 N–H and O–H groups in total. The second-order valence-electron chi connectivity index (χ2n) is 5.82. The van der Waals surface area contributed by atoms with E-state index in [-0.39, 0.29) is 5.38 Å². The normalized spacial score (nSPS) is 25.1. The van der Waals surface area contributed by atoms with Gasteiger partial charge in [-0.15, -0.1) is 11.6 Å². The summed E-state index contributed by atoms with van der Waals surface area (Å²) in [6.45, 7) is 6.34. The minimum Gasteiger partial charge on any atom is -0.308 e. The van der Waals surface area contributed by atoms with Gasteiger partial charge < -0.3 is 4.57 Å². The van der Waals surface area contributed by atoms with E-state index in [9.17, 15) is 0 Å².